The minimum absolute atomic E-state index is 0.228. The smallest absolute Gasteiger partial charge is 0.164 e. The van der Waals surface area contributed by atoms with Crippen molar-refractivity contribution in [3.63, 3.8) is 0 Å². The molecular formula is C16H17NOS. The van der Waals surface area contributed by atoms with Crippen LogP contribution in [0.4, 0.5) is 5.69 Å². The third kappa shape index (κ3) is 2.30. The van der Waals surface area contributed by atoms with Crippen molar-refractivity contribution in [2.45, 2.75) is 26.3 Å². The second kappa shape index (κ2) is 5.17. The zero-order chi connectivity index (χ0) is 13.2. The fourth-order valence-corrected chi connectivity index (χ4v) is 3.52. The van der Waals surface area contributed by atoms with Gasteiger partial charge in [0.25, 0.3) is 0 Å². The molecule has 0 radical (unpaired) electrons. The van der Waals surface area contributed by atoms with Gasteiger partial charge in [0, 0.05) is 35.6 Å². The Hall–Kier alpha value is -1.61. The summed E-state index contributed by atoms with van der Waals surface area (Å²) in [6.45, 7) is 3.85. The third-order valence-electron chi connectivity index (χ3n) is 3.67. The number of fused-ring (bicyclic) bond motifs is 1. The van der Waals surface area contributed by atoms with Crippen molar-refractivity contribution in [3.8, 4) is 0 Å². The molecule has 0 spiro atoms. The molecule has 0 N–H and O–H groups in total. The van der Waals surface area contributed by atoms with Gasteiger partial charge in [0.15, 0.2) is 5.78 Å². The van der Waals surface area contributed by atoms with E-state index in [0.717, 1.165) is 30.8 Å². The lowest BCUT2D eigenvalue weighted by Crippen LogP contribution is -2.30. The Morgan fingerprint density at radius 1 is 1.32 bits per heavy atom. The Balaban J connectivity index is 1.94. The summed E-state index contributed by atoms with van der Waals surface area (Å²) in [5.41, 5.74) is 3.37. The van der Waals surface area contributed by atoms with Crippen LogP contribution in [0, 0.1) is 0 Å². The molecule has 98 valence electrons. The van der Waals surface area contributed by atoms with Gasteiger partial charge in [-0.25, -0.2) is 0 Å². The van der Waals surface area contributed by atoms with Crippen LogP contribution in [0.15, 0.2) is 35.7 Å². The van der Waals surface area contributed by atoms with Crippen molar-refractivity contribution >= 4 is 22.8 Å². The highest BCUT2D eigenvalue weighted by atomic mass is 32.1. The zero-order valence-electron chi connectivity index (χ0n) is 11.1. The molecule has 0 atom stereocenters. The first-order chi connectivity index (χ1) is 9.29. The first-order valence-electron chi connectivity index (χ1n) is 6.72. The minimum Gasteiger partial charge on any atom is -0.366 e. The Morgan fingerprint density at radius 3 is 3.00 bits per heavy atom. The van der Waals surface area contributed by atoms with Crippen molar-refractivity contribution < 1.29 is 4.79 Å². The van der Waals surface area contributed by atoms with E-state index in [1.807, 2.05) is 36.5 Å². The van der Waals surface area contributed by atoms with Crippen molar-refractivity contribution in [1.29, 1.82) is 0 Å². The fraction of sp³-hybridized carbons (Fsp3) is 0.312. The molecule has 2 heterocycles. The highest BCUT2D eigenvalue weighted by Crippen LogP contribution is 2.30. The first-order valence-corrected chi connectivity index (χ1v) is 7.60. The van der Waals surface area contributed by atoms with Crippen LogP contribution >= 0.6 is 11.3 Å². The number of anilines is 1. The van der Waals surface area contributed by atoms with Gasteiger partial charge in [0.05, 0.1) is 0 Å². The summed E-state index contributed by atoms with van der Waals surface area (Å²) in [5.74, 6) is 0.228. The molecule has 1 aromatic carbocycles. The number of hydrogen-bond donors (Lipinski definition) is 0. The fourth-order valence-electron chi connectivity index (χ4n) is 2.63. The molecule has 0 saturated heterocycles. The normalized spacial score (nSPS) is 14.3. The maximum atomic E-state index is 12.0. The standard InChI is InChI=1S/C16H17NOS/c1-2-15(18)13-5-3-4-6-14(13)17-9-7-16-12(11-17)8-10-19-16/h3-6,8,10H,2,7,9,11H2,1H3. The maximum Gasteiger partial charge on any atom is 0.164 e. The van der Waals surface area contributed by atoms with Gasteiger partial charge in [0.2, 0.25) is 0 Å². The summed E-state index contributed by atoms with van der Waals surface area (Å²) in [5, 5.41) is 2.16. The van der Waals surface area contributed by atoms with Crippen LogP contribution in [0.2, 0.25) is 0 Å². The van der Waals surface area contributed by atoms with Gasteiger partial charge in [-0.3, -0.25) is 4.79 Å². The molecule has 0 amide bonds. The summed E-state index contributed by atoms with van der Waals surface area (Å²) < 4.78 is 0. The summed E-state index contributed by atoms with van der Waals surface area (Å²) in [6, 6.07) is 10.2. The van der Waals surface area contributed by atoms with E-state index in [1.165, 1.54) is 10.4 Å². The summed E-state index contributed by atoms with van der Waals surface area (Å²) in [7, 11) is 0. The molecule has 0 fully saturated rings. The lowest BCUT2D eigenvalue weighted by molar-refractivity contribution is 0.0988. The molecule has 2 nitrogen and oxygen atoms in total. The number of thiophene rings is 1. The predicted molar refractivity (Wildman–Crippen MR) is 80.1 cm³/mol. The molecule has 19 heavy (non-hydrogen) atoms. The average molecular weight is 271 g/mol. The Bertz CT molecular complexity index is 602. The Labute approximate surface area is 117 Å². The second-order valence-corrected chi connectivity index (χ2v) is 5.84. The lowest BCUT2D eigenvalue weighted by Gasteiger charge is -2.30. The monoisotopic (exact) mass is 271 g/mol. The van der Waals surface area contributed by atoms with Gasteiger partial charge in [-0.15, -0.1) is 11.3 Å². The number of para-hydroxylation sites is 1. The van der Waals surface area contributed by atoms with E-state index in [0.29, 0.717) is 6.42 Å². The largest absolute Gasteiger partial charge is 0.366 e. The number of carbonyl (C=O) groups is 1. The van der Waals surface area contributed by atoms with Crippen molar-refractivity contribution in [2.24, 2.45) is 0 Å². The average Bonchev–Trinajstić information content (AvgIpc) is 2.93. The van der Waals surface area contributed by atoms with E-state index in [4.69, 9.17) is 0 Å². The SMILES string of the molecule is CCC(=O)c1ccccc1N1CCc2sccc2C1. The summed E-state index contributed by atoms with van der Waals surface area (Å²) in [4.78, 5) is 15.9. The van der Waals surface area contributed by atoms with Gasteiger partial charge in [-0.05, 0) is 35.6 Å². The van der Waals surface area contributed by atoms with Gasteiger partial charge in [0.1, 0.15) is 0 Å². The van der Waals surface area contributed by atoms with E-state index >= 15 is 0 Å². The molecule has 0 aliphatic carbocycles. The molecule has 0 saturated carbocycles. The molecule has 3 rings (SSSR count). The first kappa shape index (κ1) is 12.4. The van der Waals surface area contributed by atoms with Crippen LogP contribution in [0.1, 0.15) is 34.1 Å². The topological polar surface area (TPSA) is 20.3 Å². The predicted octanol–water partition coefficient (Wildman–Crippen LogP) is 3.90. The van der Waals surface area contributed by atoms with Crippen LogP contribution in [0.3, 0.4) is 0 Å². The molecule has 0 bridgehead atoms. The van der Waals surface area contributed by atoms with Gasteiger partial charge >= 0.3 is 0 Å². The number of ketones is 1. The van der Waals surface area contributed by atoms with E-state index in [1.54, 1.807) is 0 Å². The van der Waals surface area contributed by atoms with Gasteiger partial charge in [-0.2, -0.15) is 0 Å². The highest BCUT2D eigenvalue weighted by molar-refractivity contribution is 7.10. The molecule has 1 aliphatic heterocycles. The van der Waals surface area contributed by atoms with E-state index in [2.05, 4.69) is 22.4 Å². The van der Waals surface area contributed by atoms with Crippen molar-refractivity contribution in [2.75, 3.05) is 11.4 Å². The number of nitrogens with zero attached hydrogens (tertiary/aromatic N) is 1. The van der Waals surface area contributed by atoms with E-state index in [-0.39, 0.29) is 5.78 Å². The lowest BCUT2D eigenvalue weighted by atomic mass is 10.0. The molecular weight excluding hydrogens is 254 g/mol. The number of benzene rings is 1. The molecule has 2 aromatic rings. The van der Waals surface area contributed by atoms with E-state index in [9.17, 15) is 4.79 Å². The van der Waals surface area contributed by atoms with Crippen molar-refractivity contribution in [3.05, 3.63) is 51.7 Å². The molecule has 1 aromatic heterocycles. The Morgan fingerprint density at radius 2 is 2.16 bits per heavy atom. The van der Waals surface area contributed by atoms with Crippen LogP contribution in [0.5, 0.6) is 0 Å². The second-order valence-electron chi connectivity index (χ2n) is 4.83. The number of rotatable bonds is 3. The number of carbonyl (C=O) groups excluding carboxylic acids is 1. The van der Waals surface area contributed by atoms with Crippen LogP contribution < -0.4 is 4.90 Å². The third-order valence-corrected chi connectivity index (χ3v) is 4.70. The molecule has 1 aliphatic rings. The van der Waals surface area contributed by atoms with Crippen molar-refractivity contribution in [1.82, 2.24) is 0 Å². The van der Waals surface area contributed by atoms with Crippen LogP contribution in [-0.2, 0) is 13.0 Å². The molecule has 3 heteroatoms. The van der Waals surface area contributed by atoms with Crippen LogP contribution in [-0.4, -0.2) is 12.3 Å². The quantitative estimate of drug-likeness (QED) is 0.789. The maximum absolute atomic E-state index is 12.0. The Kier molecular flexibility index (Phi) is 3.38. The van der Waals surface area contributed by atoms with E-state index < -0.39 is 0 Å². The summed E-state index contributed by atoms with van der Waals surface area (Å²) >= 11 is 1.84. The zero-order valence-corrected chi connectivity index (χ0v) is 11.9. The minimum atomic E-state index is 0.228. The van der Waals surface area contributed by atoms with Gasteiger partial charge in [-0.1, -0.05) is 19.1 Å². The molecule has 0 unspecified atom stereocenters. The number of Topliss-reactive ketones (excluding diaryl/α,β-unsaturated/α-hetero) is 1. The van der Waals surface area contributed by atoms with Gasteiger partial charge < -0.3 is 4.90 Å². The highest BCUT2D eigenvalue weighted by Gasteiger charge is 2.20. The summed E-state index contributed by atoms with van der Waals surface area (Å²) in [6.07, 6.45) is 1.65. The van der Waals surface area contributed by atoms with Crippen LogP contribution in [0.25, 0.3) is 0 Å². The number of hydrogen-bond acceptors (Lipinski definition) is 3.